The van der Waals surface area contributed by atoms with Crippen molar-refractivity contribution in [2.75, 3.05) is 33.0 Å². The topological polar surface area (TPSA) is 169 Å². The third-order valence-electron chi connectivity index (χ3n) is 11.1. The minimum Gasteiger partial charge on any atom is -0.462 e. The number of ether oxygens (including phenoxy) is 2. The SMILES string of the molecule is CCC(C)CCCCCCCCCCCCCCCCCCCCC(=O)O[C@H](COC(=O)CCC/C=C\C/C=C\C/C=C\C/C=C\CCCCCO)COP(=O)(O)OC[C@@H](O)CO. The number of esters is 2. The molecule has 0 amide bonds. The Morgan fingerprint density at radius 2 is 0.968 bits per heavy atom. The second-order valence-corrected chi connectivity index (χ2v) is 18.6. The van der Waals surface area contributed by atoms with E-state index in [1.54, 1.807) is 0 Å². The number of phosphoric acid groups is 1. The van der Waals surface area contributed by atoms with E-state index in [2.05, 4.69) is 56.4 Å². The molecule has 0 heterocycles. The van der Waals surface area contributed by atoms with Gasteiger partial charge in [-0.3, -0.25) is 18.6 Å². The second-order valence-electron chi connectivity index (χ2n) is 17.2. The zero-order valence-electron chi connectivity index (χ0n) is 39.9. The van der Waals surface area contributed by atoms with Gasteiger partial charge in [-0.15, -0.1) is 0 Å². The first-order valence-electron chi connectivity index (χ1n) is 25.1. The summed E-state index contributed by atoms with van der Waals surface area (Å²) in [5.41, 5.74) is 0. The van der Waals surface area contributed by atoms with Gasteiger partial charge in [-0.2, -0.15) is 0 Å². The molecule has 0 saturated heterocycles. The van der Waals surface area contributed by atoms with Crippen LogP contribution in [0.5, 0.6) is 0 Å². The van der Waals surface area contributed by atoms with Crippen molar-refractivity contribution in [1.82, 2.24) is 0 Å². The van der Waals surface area contributed by atoms with E-state index in [-0.39, 0.29) is 26.1 Å². The van der Waals surface area contributed by atoms with Crippen LogP contribution in [0.15, 0.2) is 48.6 Å². The predicted octanol–water partition coefficient (Wildman–Crippen LogP) is 12.9. The summed E-state index contributed by atoms with van der Waals surface area (Å²) in [6, 6.07) is 0. The lowest BCUT2D eigenvalue weighted by molar-refractivity contribution is -0.161. The molecule has 0 aromatic rings. The van der Waals surface area contributed by atoms with Crippen molar-refractivity contribution in [3.05, 3.63) is 48.6 Å². The summed E-state index contributed by atoms with van der Waals surface area (Å²) >= 11 is 0. The van der Waals surface area contributed by atoms with Crippen molar-refractivity contribution < 1.29 is 52.9 Å². The number of hydrogen-bond acceptors (Lipinski definition) is 10. The molecule has 0 saturated carbocycles. The van der Waals surface area contributed by atoms with E-state index < -0.39 is 51.8 Å². The summed E-state index contributed by atoms with van der Waals surface area (Å²) in [7, 11) is -4.64. The normalized spacial score (nSPS) is 14.6. The molecule has 2 unspecified atom stereocenters. The number of phosphoric ester groups is 1. The number of carbonyl (C=O) groups is 2. The highest BCUT2D eigenvalue weighted by Gasteiger charge is 2.27. The lowest BCUT2D eigenvalue weighted by Gasteiger charge is -2.20. The van der Waals surface area contributed by atoms with Gasteiger partial charge in [0.15, 0.2) is 6.10 Å². The molecule has 0 aliphatic heterocycles. The zero-order chi connectivity index (χ0) is 46.3. The van der Waals surface area contributed by atoms with Gasteiger partial charge in [-0.05, 0) is 63.7 Å². The smallest absolute Gasteiger partial charge is 0.462 e. The van der Waals surface area contributed by atoms with Crippen molar-refractivity contribution in [3.8, 4) is 0 Å². The number of unbranched alkanes of at least 4 members (excludes halogenated alkanes) is 21. The van der Waals surface area contributed by atoms with E-state index in [0.717, 1.165) is 70.1 Å². The molecule has 0 bridgehead atoms. The molecule has 0 aromatic carbocycles. The minimum atomic E-state index is -4.64. The van der Waals surface area contributed by atoms with Crippen LogP contribution in [0.3, 0.4) is 0 Å². The Bertz CT molecular complexity index is 1200. The summed E-state index contributed by atoms with van der Waals surface area (Å²) in [6.45, 7) is 2.73. The average molecular weight is 913 g/mol. The standard InChI is InChI=1S/C51H93O11P/c1-3-47(2)39-35-31-27-23-19-15-11-7-4-5-8-13-17-21-25-29-33-37-41-51(56)62-49(46-61-63(57,58)60-44-48(54)43-53)45-59-50(55)40-36-32-28-24-20-16-12-9-6-10-14-18-22-26-30-34-38-42-52/h6,10,12,16,18,22,24,28,47-49,52-54H,3-5,7-9,11,13-15,17,19-21,23,25-27,29-46H2,1-2H3,(H,57,58)/b10-6-,16-12-,22-18-,28-24-/t47?,48-,49+/m0/s1. The Labute approximate surface area is 384 Å². The summed E-state index contributed by atoms with van der Waals surface area (Å²) in [5.74, 6) is -0.110. The third kappa shape index (κ3) is 46.2. The summed E-state index contributed by atoms with van der Waals surface area (Å²) in [4.78, 5) is 35.1. The van der Waals surface area contributed by atoms with Gasteiger partial charge in [0.25, 0.3) is 0 Å². The Kier molecular flexibility index (Phi) is 44.9. The predicted molar refractivity (Wildman–Crippen MR) is 257 cm³/mol. The lowest BCUT2D eigenvalue weighted by atomic mass is 9.99. The molecule has 368 valence electrons. The summed E-state index contributed by atoms with van der Waals surface area (Å²) < 4.78 is 32.8. The monoisotopic (exact) mass is 913 g/mol. The van der Waals surface area contributed by atoms with E-state index in [1.807, 2.05) is 6.08 Å². The second kappa shape index (κ2) is 46.4. The van der Waals surface area contributed by atoms with Crippen LogP contribution in [0.25, 0.3) is 0 Å². The van der Waals surface area contributed by atoms with Gasteiger partial charge in [0.1, 0.15) is 12.7 Å². The van der Waals surface area contributed by atoms with Gasteiger partial charge in [-0.25, -0.2) is 4.57 Å². The molecule has 0 rings (SSSR count). The number of carbonyl (C=O) groups excluding carboxylic acids is 2. The average Bonchev–Trinajstić information content (AvgIpc) is 3.27. The highest BCUT2D eigenvalue weighted by molar-refractivity contribution is 7.47. The van der Waals surface area contributed by atoms with Crippen molar-refractivity contribution >= 4 is 19.8 Å². The van der Waals surface area contributed by atoms with E-state index in [0.29, 0.717) is 19.3 Å². The minimum absolute atomic E-state index is 0.156. The highest BCUT2D eigenvalue weighted by Crippen LogP contribution is 2.43. The maximum Gasteiger partial charge on any atom is 0.472 e. The Balaban J connectivity index is 4.25. The fraction of sp³-hybridized carbons (Fsp3) is 0.804. The third-order valence-corrected chi connectivity index (χ3v) is 12.0. The Morgan fingerprint density at radius 3 is 1.46 bits per heavy atom. The van der Waals surface area contributed by atoms with E-state index in [4.69, 9.17) is 28.7 Å². The molecular formula is C51H93O11P. The van der Waals surface area contributed by atoms with Gasteiger partial charge in [-0.1, -0.05) is 191 Å². The van der Waals surface area contributed by atoms with Gasteiger partial charge in [0.05, 0.1) is 19.8 Å². The molecule has 4 atom stereocenters. The molecule has 4 N–H and O–H groups in total. The van der Waals surface area contributed by atoms with Crippen LogP contribution < -0.4 is 0 Å². The van der Waals surface area contributed by atoms with Crippen molar-refractivity contribution in [2.45, 2.75) is 225 Å². The van der Waals surface area contributed by atoms with E-state index in [9.17, 15) is 24.2 Å². The summed E-state index contributed by atoms with van der Waals surface area (Å²) in [5, 5.41) is 27.2. The number of rotatable bonds is 47. The van der Waals surface area contributed by atoms with Crippen molar-refractivity contribution in [2.24, 2.45) is 5.92 Å². The maximum absolute atomic E-state index is 12.7. The Hall–Kier alpha value is -2.11. The first-order valence-corrected chi connectivity index (χ1v) is 26.6. The van der Waals surface area contributed by atoms with Crippen molar-refractivity contribution in [3.63, 3.8) is 0 Å². The molecule has 0 fully saturated rings. The zero-order valence-corrected chi connectivity index (χ0v) is 40.8. The van der Waals surface area contributed by atoms with Gasteiger partial charge in [0.2, 0.25) is 0 Å². The van der Waals surface area contributed by atoms with Crippen LogP contribution in [0.4, 0.5) is 0 Å². The van der Waals surface area contributed by atoms with Gasteiger partial charge >= 0.3 is 19.8 Å². The molecule has 0 aliphatic rings. The first kappa shape index (κ1) is 60.9. The molecule has 0 spiro atoms. The number of aliphatic hydroxyl groups is 3. The first-order chi connectivity index (χ1) is 30.6. The van der Waals surface area contributed by atoms with E-state index >= 15 is 0 Å². The van der Waals surface area contributed by atoms with E-state index in [1.165, 1.54) is 103 Å². The molecule has 0 radical (unpaired) electrons. The highest BCUT2D eigenvalue weighted by atomic mass is 31.2. The number of aliphatic hydroxyl groups excluding tert-OH is 3. The quantitative estimate of drug-likeness (QED) is 0.0198. The molecule has 0 aromatic heterocycles. The Morgan fingerprint density at radius 1 is 0.540 bits per heavy atom. The largest absolute Gasteiger partial charge is 0.472 e. The van der Waals surface area contributed by atoms with Crippen molar-refractivity contribution in [1.29, 1.82) is 0 Å². The van der Waals surface area contributed by atoms with Gasteiger partial charge in [0, 0.05) is 19.4 Å². The molecular weight excluding hydrogens is 820 g/mol. The fourth-order valence-corrected chi connectivity index (χ4v) is 7.61. The summed E-state index contributed by atoms with van der Waals surface area (Å²) in [6.07, 6.45) is 48.1. The molecule has 63 heavy (non-hydrogen) atoms. The molecule has 0 aliphatic carbocycles. The van der Waals surface area contributed by atoms with Crippen LogP contribution in [-0.2, 0) is 32.7 Å². The molecule has 11 nitrogen and oxygen atoms in total. The van der Waals surface area contributed by atoms with Crippen LogP contribution in [-0.4, -0.2) is 77.4 Å². The fourth-order valence-electron chi connectivity index (χ4n) is 6.83. The van der Waals surface area contributed by atoms with Crippen LogP contribution in [0, 0.1) is 5.92 Å². The van der Waals surface area contributed by atoms with Crippen LogP contribution in [0.1, 0.15) is 213 Å². The number of hydrogen-bond donors (Lipinski definition) is 4. The van der Waals surface area contributed by atoms with Crippen LogP contribution in [0.2, 0.25) is 0 Å². The lowest BCUT2D eigenvalue weighted by Crippen LogP contribution is -2.29. The van der Waals surface area contributed by atoms with Crippen LogP contribution >= 0.6 is 7.82 Å². The molecule has 12 heteroatoms. The number of allylic oxidation sites excluding steroid dienone is 8. The maximum atomic E-state index is 12.7. The van der Waals surface area contributed by atoms with Gasteiger partial charge < -0.3 is 29.7 Å².